The summed E-state index contributed by atoms with van der Waals surface area (Å²) in [5, 5.41) is 3.00. The Hall–Kier alpha value is -1.27. The largest absolute Gasteiger partial charge is 0.492 e. The highest BCUT2D eigenvalue weighted by Gasteiger charge is 2.25. The van der Waals surface area contributed by atoms with Crippen LogP contribution in [-0.4, -0.2) is 42.3 Å². The molecule has 0 radical (unpaired) electrons. The first-order valence-corrected chi connectivity index (χ1v) is 9.70. The van der Waals surface area contributed by atoms with Gasteiger partial charge in [0.25, 0.3) is 0 Å². The van der Waals surface area contributed by atoms with E-state index in [1.54, 1.807) is 0 Å². The Labute approximate surface area is 159 Å². The summed E-state index contributed by atoms with van der Waals surface area (Å²) in [6, 6.07) is 6.24. The number of para-hydroxylation sites is 1. The summed E-state index contributed by atoms with van der Waals surface area (Å²) in [6.07, 6.45) is 1.70. The number of nitrogens with one attached hydrogen (secondary N) is 1. The fourth-order valence-corrected chi connectivity index (χ4v) is 3.54. The number of carbonyl (C=O) groups excluding carboxylic acids is 1. The molecular formula is C19H29BrN2O3. The lowest BCUT2D eigenvalue weighted by atomic mass is 10.0. The number of likely N-dealkylation sites (tertiary alicyclic amines) is 1. The maximum atomic E-state index is 12.0. The third-order valence-corrected chi connectivity index (χ3v) is 4.58. The number of alkyl carbamates (subject to hydrolysis) is 1. The number of carbonyl (C=O) groups is 1. The summed E-state index contributed by atoms with van der Waals surface area (Å²) in [6.45, 7) is 10.9. The topological polar surface area (TPSA) is 50.8 Å². The number of hydrogen-bond donors (Lipinski definition) is 1. The quantitative estimate of drug-likeness (QED) is 0.781. The van der Waals surface area contributed by atoms with Gasteiger partial charge in [0.15, 0.2) is 0 Å². The van der Waals surface area contributed by atoms with Crippen LogP contribution >= 0.6 is 15.9 Å². The van der Waals surface area contributed by atoms with Crippen molar-refractivity contribution >= 4 is 22.0 Å². The van der Waals surface area contributed by atoms with Crippen LogP contribution in [0.25, 0.3) is 0 Å². The smallest absolute Gasteiger partial charge is 0.407 e. The van der Waals surface area contributed by atoms with Crippen molar-refractivity contribution in [1.29, 1.82) is 0 Å². The van der Waals surface area contributed by atoms with E-state index < -0.39 is 5.60 Å². The minimum absolute atomic E-state index is 0.117. The molecule has 0 bridgehead atoms. The van der Waals surface area contributed by atoms with Gasteiger partial charge in [-0.05, 0) is 69.1 Å². The van der Waals surface area contributed by atoms with Crippen molar-refractivity contribution in [3.8, 4) is 5.75 Å². The molecule has 5 nitrogen and oxygen atoms in total. The van der Waals surface area contributed by atoms with Crippen LogP contribution in [0.5, 0.6) is 5.75 Å². The first-order valence-electron chi connectivity index (χ1n) is 8.90. The summed E-state index contributed by atoms with van der Waals surface area (Å²) in [5.41, 5.74) is 0.690. The van der Waals surface area contributed by atoms with Gasteiger partial charge in [0.2, 0.25) is 0 Å². The Balaban J connectivity index is 1.96. The molecule has 1 amide bonds. The maximum Gasteiger partial charge on any atom is 0.407 e. The van der Waals surface area contributed by atoms with Gasteiger partial charge >= 0.3 is 6.09 Å². The molecule has 140 valence electrons. The van der Waals surface area contributed by atoms with Gasteiger partial charge in [-0.2, -0.15) is 0 Å². The number of amides is 1. The molecule has 1 N–H and O–H groups in total. The standard InChI is InChI=1S/C19H29BrN2O3/c1-5-24-17-14(8-6-10-16(17)20)12-22-11-7-9-15(13-22)21-18(23)25-19(2,3)4/h6,8,10,15H,5,7,9,11-13H2,1-4H3,(H,21,23). The van der Waals surface area contributed by atoms with Crippen molar-refractivity contribution in [2.45, 2.75) is 58.7 Å². The van der Waals surface area contributed by atoms with E-state index in [9.17, 15) is 4.79 Å². The maximum absolute atomic E-state index is 12.0. The molecule has 1 atom stereocenters. The molecule has 1 aromatic rings. The molecular weight excluding hydrogens is 384 g/mol. The average Bonchev–Trinajstić information content (AvgIpc) is 2.49. The SMILES string of the molecule is CCOc1c(Br)cccc1CN1CCCC(NC(=O)OC(C)(C)C)C1. The Morgan fingerprint density at radius 3 is 2.84 bits per heavy atom. The lowest BCUT2D eigenvalue weighted by Gasteiger charge is -2.34. The van der Waals surface area contributed by atoms with Crippen LogP contribution in [0, 0.1) is 0 Å². The molecule has 0 aromatic heterocycles. The second-order valence-electron chi connectivity index (χ2n) is 7.38. The highest BCUT2D eigenvalue weighted by Crippen LogP contribution is 2.30. The molecule has 25 heavy (non-hydrogen) atoms. The van der Waals surface area contributed by atoms with Crippen LogP contribution in [-0.2, 0) is 11.3 Å². The normalized spacial score (nSPS) is 18.7. The number of benzene rings is 1. The molecule has 1 aromatic carbocycles. The van der Waals surface area contributed by atoms with E-state index >= 15 is 0 Å². The highest BCUT2D eigenvalue weighted by atomic mass is 79.9. The van der Waals surface area contributed by atoms with E-state index in [1.165, 1.54) is 0 Å². The first-order chi connectivity index (χ1) is 11.8. The second-order valence-corrected chi connectivity index (χ2v) is 8.24. The van der Waals surface area contributed by atoms with Gasteiger partial charge in [0.1, 0.15) is 11.4 Å². The molecule has 1 unspecified atom stereocenters. The number of halogens is 1. The van der Waals surface area contributed by atoms with Gasteiger partial charge in [-0.25, -0.2) is 4.79 Å². The zero-order valence-electron chi connectivity index (χ0n) is 15.6. The Kier molecular flexibility index (Phi) is 7.14. The molecule has 6 heteroatoms. The summed E-state index contributed by atoms with van der Waals surface area (Å²) < 4.78 is 12.1. The van der Waals surface area contributed by atoms with E-state index in [0.717, 1.165) is 48.3 Å². The van der Waals surface area contributed by atoms with E-state index in [-0.39, 0.29) is 12.1 Å². The third kappa shape index (κ3) is 6.51. The van der Waals surface area contributed by atoms with Crippen molar-refractivity contribution < 1.29 is 14.3 Å². The van der Waals surface area contributed by atoms with Crippen LogP contribution in [0.3, 0.4) is 0 Å². The third-order valence-electron chi connectivity index (χ3n) is 3.96. The minimum Gasteiger partial charge on any atom is -0.492 e. The number of hydrogen-bond acceptors (Lipinski definition) is 4. The van der Waals surface area contributed by atoms with Crippen molar-refractivity contribution in [3.05, 3.63) is 28.2 Å². The minimum atomic E-state index is -0.471. The number of piperidine rings is 1. The number of rotatable bonds is 5. The molecule has 0 spiro atoms. The van der Waals surface area contributed by atoms with Crippen LogP contribution in [0.15, 0.2) is 22.7 Å². The summed E-state index contributed by atoms with van der Waals surface area (Å²) in [5.74, 6) is 0.909. The zero-order chi connectivity index (χ0) is 18.4. The van der Waals surface area contributed by atoms with Gasteiger partial charge in [-0.1, -0.05) is 12.1 Å². The molecule has 1 aliphatic heterocycles. The Morgan fingerprint density at radius 1 is 1.40 bits per heavy atom. The first kappa shape index (κ1) is 20.0. The lowest BCUT2D eigenvalue weighted by Crippen LogP contribution is -2.48. The predicted octanol–water partition coefficient (Wildman–Crippen LogP) is 4.34. The molecule has 1 saturated heterocycles. The number of ether oxygens (including phenoxy) is 2. The second kappa shape index (κ2) is 8.90. The van der Waals surface area contributed by atoms with E-state index in [2.05, 4.69) is 32.2 Å². The van der Waals surface area contributed by atoms with E-state index in [1.807, 2.05) is 39.8 Å². The van der Waals surface area contributed by atoms with Crippen LogP contribution < -0.4 is 10.1 Å². The van der Waals surface area contributed by atoms with E-state index in [0.29, 0.717) is 6.61 Å². The number of nitrogens with zero attached hydrogens (tertiary/aromatic N) is 1. The van der Waals surface area contributed by atoms with Crippen LogP contribution in [0.4, 0.5) is 4.79 Å². The van der Waals surface area contributed by atoms with Crippen molar-refractivity contribution in [2.24, 2.45) is 0 Å². The van der Waals surface area contributed by atoms with E-state index in [4.69, 9.17) is 9.47 Å². The summed E-state index contributed by atoms with van der Waals surface area (Å²) >= 11 is 3.57. The summed E-state index contributed by atoms with van der Waals surface area (Å²) in [4.78, 5) is 14.4. The van der Waals surface area contributed by atoms with Gasteiger partial charge in [-0.15, -0.1) is 0 Å². The van der Waals surface area contributed by atoms with Gasteiger partial charge in [0.05, 0.1) is 11.1 Å². The van der Waals surface area contributed by atoms with Gasteiger partial charge in [0, 0.05) is 24.7 Å². The lowest BCUT2D eigenvalue weighted by molar-refractivity contribution is 0.0470. The highest BCUT2D eigenvalue weighted by molar-refractivity contribution is 9.10. The van der Waals surface area contributed by atoms with Gasteiger partial charge < -0.3 is 14.8 Å². The summed E-state index contributed by atoms with van der Waals surface area (Å²) in [7, 11) is 0. The molecule has 0 saturated carbocycles. The molecule has 2 rings (SSSR count). The fourth-order valence-electron chi connectivity index (χ4n) is 3.02. The van der Waals surface area contributed by atoms with Crippen molar-refractivity contribution in [1.82, 2.24) is 10.2 Å². The van der Waals surface area contributed by atoms with Gasteiger partial charge in [-0.3, -0.25) is 4.90 Å². The monoisotopic (exact) mass is 412 g/mol. The van der Waals surface area contributed by atoms with Crippen LogP contribution in [0.2, 0.25) is 0 Å². The Bertz CT molecular complexity index is 587. The van der Waals surface area contributed by atoms with Crippen molar-refractivity contribution in [2.75, 3.05) is 19.7 Å². The molecule has 1 fully saturated rings. The Morgan fingerprint density at radius 2 is 2.16 bits per heavy atom. The predicted molar refractivity (Wildman–Crippen MR) is 103 cm³/mol. The molecule has 1 aliphatic rings. The fraction of sp³-hybridized carbons (Fsp3) is 0.632. The molecule has 0 aliphatic carbocycles. The van der Waals surface area contributed by atoms with Crippen LogP contribution in [0.1, 0.15) is 46.1 Å². The van der Waals surface area contributed by atoms with Crippen molar-refractivity contribution in [3.63, 3.8) is 0 Å². The molecule has 1 heterocycles. The zero-order valence-corrected chi connectivity index (χ0v) is 17.2. The average molecular weight is 413 g/mol.